The van der Waals surface area contributed by atoms with Gasteiger partial charge < -0.3 is 29.7 Å². The number of ether oxygens (including phenoxy) is 3. The number of hydrogen-bond donors (Lipinski definition) is 2. The molecule has 0 aliphatic carbocycles. The van der Waals surface area contributed by atoms with Crippen LogP contribution < -0.4 is 24.8 Å². The third-order valence-electron chi connectivity index (χ3n) is 5.56. The van der Waals surface area contributed by atoms with E-state index >= 15 is 0 Å². The van der Waals surface area contributed by atoms with E-state index in [9.17, 15) is 22.8 Å². The zero-order valence-electron chi connectivity index (χ0n) is 21.3. The number of carbonyl (C=O) groups excluding carboxylic acids is 2. The van der Waals surface area contributed by atoms with E-state index in [0.29, 0.717) is 17.9 Å². The lowest BCUT2D eigenvalue weighted by Gasteiger charge is -2.36. The third kappa shape index (κ3) is 6.52. The van der Waals surface area contributed by atoms with Crippen LogP contribution in [0.3, 0.4) is 0 Å². The van der Waals surface area contributed by atoms with Crippen molar-refractivity contribution in [1.29, 1.82) is 0 Å². The second kappa shape index (κ2) is 12.3. The Labute approximate surface area is 217 Å². The number of likely N-dealkylation sites (N-methyl/N-ethyl adjacent to an activating group) is 1. The van der Waals surface area contributed by atoms with E-state index in [-0.39, 0.29) is 35.7 Å². The maximum atomic E-state index is 13.5. The Kier molecular flexibility index (Phi) is 9.16. The lowest BCUT2D eigenvalue weighted by Crippen LogP contribution is -2.49. The molecule has 0 fully saturated rings. The number of pyridine rings is 1. The third-order valence-corrected chi connectivity index (χ3v) is 5.56. The summed E-state index contributed by atoms with van der Waals surface area (Å²) in [5.74, 6) is -1.27. The molecule has 1 aliphatic rings. The van der Waals surface area contributed by atoms with Crippen molar-refractivity contribution in [3.8, 4) is 17.4 Å². The highest BCUT2D eigenvalue weighted by molar-refractivity contribution is 6.00. The summed E-state index contributed by atoms with van der Waals surface area (Å²) >= 11 is 0. The molecular weight excluding hydrogens is 507 g/mol. The van der Waals surface area contributed by atoms with Crippen molar-refractivity contribution in [3.05, 3.63) is 59.0 Å². The number of methoxy groups -OCH3 is 2. The molecule has 38 heavy (non-hydrogen) atoms. The van der Waals surface area contributed by atoms with Gasteiger partial charge in [-0.05, 0) is 25.5 Å². The maximum absolute atomic E-state index is 13.5. The first-order valence-corrected chi connectivity index (χ1v) is 11.6. The number of amides is 2. The van der Waals surface area contributed by atoms with Crippen molar-refractivity contribution in [1.82, 2.24) is 20.5 Å². The average molecular weight is 536 g/mol. The summed E-state index contributed by atoms with van der Waals surface area (Å²) in [6.45, 7) is 2.45. The predicted octanol–water partition coefficient (Wildman–Crippen LogP) is 3.16. The fraction of sp³-hybridized carbons (Fsp3) is 0.360. The standard InChI is InChI=1S/C25H28F3N5O5/c1-5-30-21-17(32-22(34)16-8-6-7-9-19(16)38-25(26,27)28)10-11-33(18(21)14-29-2)24(35)15-12-20(36-3)23(37-4)31-13-15/h6-9,12-14,17,30H,5,10-11H2,1-4H3,(H,32,34). The van der Waals surface area contributed by atoms with Gasteiger partial charge in [-0.2, -0.15) is 0 Å². The van der Waals surface area contributed by atoms with Gasteiger partial charge in [-0.1, -0.05) is 12.1 Å². The molecule has 2 amide bonds. The number of rotatable bonds is 9. The van der Waals surface area contributed by atoms with E-state index in [0.717, 1.165) is 6.07 Å². The minimum Gasteiger partial charge on any atom is -0.491 e. The summed E-state index contributed by atoms with van der Waals surface area (Å²) in [4.78, 5) is 36.2. The SMILES string of the molecule is CCNC1=C(C=NC)N(C(=O)c2cnc(OC)c(OC)c2)CCC1NC(=O)c1ccccc1OC(F)(F)F. The normalized spacial score (nSPS) is 15.9. The number of aliphatic imine (C=N–C) groups is 1. The molecule has 0 saturated heterocycles. The number of nitrogens with one attached hydrogen (secondary N) is 2. The van der Waals surface area contributed by atoms with Crippen LogP contribution in [0.1, 0.15) is 34.1 Å². The zero-order chi connectivity index (χ0) is 27.9. The molecule has 1 aromatic heterocycles. The van der Waals surface area contributed by atoms with Gasteiger partial charge in [0.25, 0.3) is 17.7 Å². The van der Waals surface area contributed by atoms with Gasteiger partial charge in [0, 0.05) is 38.6 Å². The molecule has 1 atom stereocenters. The maximum Gasteiger partial charge on any atom is 0.573 e. The number of aromatic nitrogens is 1. The number of para-hydroxylation sites is 1. The van der Waals surface area contributed by atoms with Crippen LogP contribution in [0.4, 0.5) is 13.2 Å². The summed E-state index contributed by atoms with van der Waals surface area (Å²) < 4.78 is 53.0. The van der Waals surface area contributed by atoms with Crippen LogP contribution >= 0.6 is 0 Å². The molecular formula is C25H28F3N5O5. The number of carbonyl (C=O) groups is 2. The molecule has 10 nitrogen and oxygen atoms in total. The minimum absolute atomic E-state index is 0.176. The molecule has 2 heterocycles. The summed E-state index contributed by atoms with van der Waals surface area (Å²) in [6, 6.07) is 5.94. The molecule has 1 aliphatic heterocycles. The van der Waals surface area contributed by atoms with E-state index in [4.69, 9.17) is 9.47 Å². The first kappa shape index (κ1) is 28.3. The number of halogens is 3. The summed E-state index contributed by atoms with van der Waals surface area (Å²) in [5, 5.41) is 5.93. The van der Waals surface area contributed by atoms with Gasteiger partial charge in [0.1, 0.15) is 5.75 Å². The van der Waals surface area contributed by atoms with Gasteiger partial charge in [-0.25, -0.2) is 4.98 Å². The lowest BCUT2D eigenvalue weighted by molar-refractivity contribution is -0.274. The lowest BCUT2D eigenvalue weighted by atomic mass is 10.0. The largest absolute Gasteiger partial charge is 0.573 e. The fourth-order valence-electron chi connectivity index (χ4n) is 3.98. The monoisotopic (exact) mass is 535 g/mol. The molecule has 0 spiro atoms. The van der Waals surface area contributed by atoms with Crippen molar-refractivity contribution >= 4 is 18.0 Å². The second-order valence-corrected chi connectivity index (χ2v) is 7.97. The molecule has 0 saturated carbocycles. The molecule has 2 N–H and O–H groups in total. The number of hydrogen-bond acceptors (Lipinski definition) is 8. The first-order valence-electron chi connectivity index (χ1n) is 11.6. The quantitative estimate of drug-likeness (QED) is 0.474. The highest BCUT2D eigenvalue weighted by atomic mass is 19.4. The van der Waals surface area contributed by atoms with Crippen LogP contribution in [0.25, 0.3) is 0 Å². The number of nitrogens with zero attached hydrogens (tertiary/aromatic N) is 3. The van der Waals surface area contributed by atoms with Crippen molar-refractivity contribution in [2.75, 3.05) is 34.4 Å². The zero-order valence-corrected chi connectivity index (χ0v) is 21.3. The highest BCUT2D eigenvalue weighted by Gasteiger charge is 2.35. The Morgan fingerprint density at radius 2 is 1.95 bits per heavy atom. The Hall–Kier alpha value is -4.29. The van der Waals surface area contributed by atoms with Gasteiger partial charge in [-0.15, -0.1) is 13.2 Å². The van der Waals surface area contributed by atoms with Gasteiger partial charge >= 0.3 is 6.36 Å². The van der Waals surface area contributed by atoms with Gasteiger partial charge in [0.05, 0.1) is 42.8 Å². The van der Waals surface area contributed by atoms with Gasteiger partial charge in [-0.3, -0.25) is 14.6 Å². The smallest absolute Gasteiger partial charge is 0.491 e. The Morgan fingerprint density at radius 1 is 1.21 bits per heavy atom. The molecule has 13 heteroatoms. The van der Waals surface area contributed by atoms with Crippen LogP contribution in [0, 0.1) is 0 Å². The first-order chi connectivity index (χ1) is 18.1. The van der Waals surface area contributed by atoms with Crippen molar-refractivity contribution in [2.45, 2.75) is 25.7 Å². The molecule has 2 aromatic rings. The topological polar surface area (TPSA) is 114 Å². The molecule has 0 radical (unpaired) electrons. The van der Waals surface area contributed by atoms with Gasteiger partial charge in [0.15, 0.2) is 5.75 Å². The van der Waals surface area contributed by atoms with E-state index in [1.807, 2.05) is 6.92 Å². The Balaban J connectivity index is 1.95. The minimum atomic E-state index is -4.96. The summed E-state index contributed by atoms with van der Waals surface area (Å²) in [5.41, 5.74) is 0.835. The molecule has 3 rings (SSSR count). The molecule has 0 bridgehead atoms. The molecule has 1 aromatic carbocycles. The number of benzene rings is 1. The molecule has 1 unspecified atom stereocenters. The van der Waals surface area contributed by atoms with E-state index in [1.165, 1.54) is 62.8 Å². The number of allylic oxidation sites excluding steroid dienone is 1. The highest BCUT2D eigenvalue weighted by Crippen LogP contribution is 2.29. The predicted molar refractivity (Wildman–Crippen MR) is 132 cm³/mol. The number of alkyl halides is 3. The Morgan fingerprint density at radius 3 is 2.58 bits per heavy atom. The fourth-order valence-corrected chi connectivity index (χ4v) is 3.98. The van der Waals surface area contributed by atoms with Crippen molar-refractivity contribution < 1.29 is 37.0 Å². The van der Waals surface area contributed by atoms with Crippen LogP contribution in [0.2, 0.25) is 0 Å². The van der Waals surface area contributed by atoms with Crippen LogP contribution in [0.15, 0.2) is 52.9 Å². The van der Waals surface area contributed by atoms with E-state index in [2.05, 4.69) is 25.3 Å². The van der Waals surface area contributed by atoms with Crippen LogP contribution in [-0.4, -0.2) is 74.7 Å². The average Bonchev–Trinajstić information content (AvgIpc) is 2.89. The second-order valence-electron chi connectivity index (χ2n) is 7.97. The summed E-state index contributed by atoms with van der Waals surface area (Å²) in [7, 11) is 4.39. The molecule has 204 valence electrons. The van der Waals surface area contributed by atoms with Crippen molar-refractivity contribution in [3.63, 3.8) is 0 Å². The van der Waals surface area contributed by atoms with Crippen molar-refractivity contribution in [2.24, 2.45) is 4.99 Å². The summed E-state index contributed by atoms with van der Waals surface area (Å²) in [6.07, 6.45) is -1.85. The van der Waals surface area contributed by atoms with E-state index < -0.39 is 30.0 Å². The van der Waals surface area contributed by atoms with Crippen LogP contribution in [0.5, 0.6) is 17.4 Å². The van der Waals surface area contributed by atoms with Gasteiger partial charge in [0.2, 0.25) is 0 Å². The van der Waals surface area contributed by atoms with E-state index in [1.54, 1.807) is 0 Å². The Bertz CT molecular complexity index is 1230. The van der Waals surface area contributed by atoms with Crippen LogP contribution in [-0.2, 0) is 0 Å².